The highest BCUT2D eigenvalue weighted by atomic mass is 16.5. The molecule has 1 amide bonds. The van der Waals surface area contributed by atoms with E-state index in [0.29, 0.717) is 18.0 Å². The topological polar surface area (TPSA) is 127 Å². The molecular weight excluding hydrogens is 346 g/mol. The number of nitrogen functional groups attached to an aromatic ring is 1. The average Bonchev–Trinajstić information content (AvgIpc) is 2.71. The Morgan fingerprint density at radius 3 is 2.63 bits per heavy atom. The molecule has 0 saturated heterocycles. The van der Waals surface area contributed by atoms with Gasteiger partial charge in [0.15, 0.2) is 11.6 Å². The highest BCUT2D eigenvalue weighted by Crippen LogP contribution is 2.26. The van der Waals surface area contributed by atoms with Crippen molar-refractivity contribution < 1.29 is 9.53 Å². The first kappa shape index (κ1) is 17.9. The minimum atomic E-state index is -0.359. The lowest BCUT2D eigenvalue weighted by Gasteiger charge is -2.13. The van der Waals surface area contributed by atoms with Gasteiger partial charge < -0.3 is 15.8 Å². The van der Waals surface area contributed by atoms with Gasteiger partial charge in [-0.3, -0.25) is 20.6 Å². The minimum absolute atomic E-state index is 0.262. The Labute approximate surface area is 156 Å². The van der Waals surface area contributed by atoms with E-state index in [0.717, 1.165) is 11.4 Å². The molecule has 0 aliphatic rings. The predicted molar refractivity (Wildman–Crippen MR) is 103 cm³/mol. The molecule has 0 unspecified atom stereocenters. The molecule has 2 heterocycles. The molecule has 3 rings (SSSR count). The van der Waals surface area contributed by atoms with Crippen molar-refractivity contribution in [3.05, 3.63) is 60.7 Å². The highest BCUT2D eigenvalue weighted by Gasteiger charge is 2.10. The zero-order valence-corrected chi connectivity index (χ0v) is 14.6. The summed E-state index contributed by atoms with van der Waals surface area (Å²) in [4.78, 5) is 24.1. The molecule has 3 aromatic rings. The number of pyridine rings is 1. The number of aromatic nitrogens is 3. The van der Waals surface area contributed by atoms with Crippen LogP contribution in [0.2, 0.25) is 0 Å². The molecule has 138 valence electrons. The lowest BCUT2D eigenvalue weighted by Crippen LogP contribution is -2.30. The Morgan fingerprint density at radius 2 is 1.93 bits per heavy atom. The molecule has 0 fully saturated rings. The number of hydrazine groups is 1. The van der Waals surface area contributed by atoms with Gasteiger partial charge in [0, 0.05) is 18.1 Å². The second-order valence-corrected chi connectivity index (χ2v) is 5.39. The number of rotatable bonds is 7. The minimum Gasteiger partial charge on any atom is -0.494 e. The molecule has 0 aliphatic heterocycles. The van der Waals surface area contributed by atoms with E-state index in [1.54, 1.807) is 18.3 Å². The number of nitrogens with zero attached hydrogens (tertiary/aromatic N) is 3. The number of hydrogen-bond acceptors (Lipinski definition) is 8. The van der Waals surface area contributed by atoms with E-state index in [1.165, 1.54) is 12.5 Å². The van der Waals surface area contributed by atoms with Crippen LogP contribution in [0.3, 0.4) is 0 Å². The monoisotopic (exact) mass is 365 g/mol. The lowest BCUT2D eigenvalue weighted by molar-refractivity contribution is 0.0962. The standard InChI is InChI=1S/C18H19N7O2/c1-2-27-14-7-5-13(6-8-14)23-16-15(19)17(22-11-21-16)24-25-18(26)12-4-3-9-20-10-12/h3-11H,2,19H2,1H3,(H,25,26)(H2,21,22,23,24). The summed E-state index contributed by atoms with van der Waals surface area (Å²) in [6.45, 7) is 2.53. The molecule has 0 spiro atoms. The predicted octanol–water partition coefficient (Wildman–Crippen LogP) is 2.35. The van der Waals surface area contributed by atoms with Crippen LogP contribution in [0.1, 0.15) is 17.3 Å². The zero-order chi connectivity index (χ0) is 19.1. The van der Waals surface area contributed by atoms with Crippen molar-refractivity contribution >= 4 is 28.9 Å². The Bertz CT molecular complexity index is 901. The van der Waals surface area contributed by atoms with Gasteiger partial charge in [0.2, 0.25) is 0 Å². The van der Waals surface area contributed by atoms with E-state index in [2.05, 4.69) is 31.1 Å². The summed E-state index contributed by atoms with van der Waals surface area (Å²) in [7, 11) is 0. The number of anilines is 4. The highest BCUT2D eigenvalue weighted by molar-refractivity contribution is 5.94. The number of ether oxygens (including phenoxy) is 1. The summed E-state index contributed by atoms with van der Waals surface area (Å²) in [6, 6.07) is 10.7. The number of benzene rings is 1. The van der Waals surface area contributed by atoms with Crippen molar-refractivity contribution in [2.45, 2.75) is 6.92 Å². The summed E-state index contributed by atoms with van der Waals surface area (Å²) in [5, 5.41) is 3.11. The van der Waals surface area contributed by atoms with Gasteiger partial charge in [0.1, 0.15) is 17.8 Å². The number of carbonyl (C=O) groups excluding carboxylic acids is 1. The van der Waals surface area contributed by atoms with Crippen molar-refractivity contribution in [2.24, 2.45) is 0 Å². The first-order valence-electron chi connectivity index (χ1n) is 8.24. The number of nitrogens with one attached hydrogen (secondary N) is 3. The van der Waals surface area contributed by atoms with Gasteiger partial charge in [-0.15, -0.1) is 0 Å². The van der Waals surface area contributed by atoms with Gasteiger partial charge in [-0.25, -0.2) is 9.97 Å². The van der Waals surface area contributed by atoms with E-state index < -0.39 is 0 Å². The second kappa shape index (κ2) is 8.48. The van der Waals surface area contributed by atoms with Gasteiger partial charge in [-0.1, -0.05) is 0 Å². The van der Waals surface area contributed by atoms with Crippen molar-refractivity contribution in [1.82, 2.24) is 20.4 Å². The molecular formula is C18H19N7O2. The molecule has 0 bridgehead atoms. The number of hydrogen-bond donors (Lipinski definition) is 4. The summed E-state index contributed by atoms with van der Waals surface area (Å²) in [5.41, 5.74) is 12.8. The maximum atomic E-state index is 12.1. The van der Waals surface area contributed by atoms with Crippen molar-refractivity contribution in [3.8, 4) is 5.75 Å². The third-order valence-corrected chi connectivity index (χ3v) is 3.53. The van der Waals surface area contributed by atoms with Crippen molar-refractivity contribution in [3.63, 3.8) is 0 Å². The fraction of sp³-hybridized carbons (Fsp3) is 0.111. The SMILES string of the molecule is CCOc1ccc(Nc2ncnc(NNC(=O)c3cccnc3)c2N)cc1. The van der Waals surface area contributed by atoms with Gasteiger partial charge in [0.05, 0.1) is 12.2 Å². The largest absolute Gasteiger partial charge is 0.494 e. The maximum Gasteiger partial charge on any atom is 0.271 e. The van der Waals surface area contributed by atoms with E-state index in [4.69, 9.17) is 10.5 Å². The summed E-state index contributed by atoms with van der Waals surface area (Å²) in [6.07, 6.45) is 4.39. The molecule has 0 aliphatic carbocycles. The van der Waals surface area contributed by atoms with Gasteiger partial charge in [-0.05, 0) is 43.3 Å². The van der Waals surface area contributed by atoms with Crippen LogP contribution in [-0.4, -0.2) is 27.5 Å². The number of carbonyl (C=O) groups is 1. The van der Waals surface area contributed by atoms with Crippen LogP contribution >= 0.6 is 0 Å². The molecule has 5 N–H and O–H groups in total. The number of nitrogens with two attached hydrogens (primary N) is 1. The van der Waals surface area contributed by atoms with Crippen molar-refractivity contribution in [2.75, 3.05) is 23.1 Å². The molecule has 2 aromatic heterocycles. The molecule has 27 heavy (non-hydrogen) atoms. The molecule has 9 nitrogen and oxygen atoms in total. The Kier molecular flexibility index (Phi) is 5.63. The van der Waals surface area contributed by atoms with Crippen molar-refractivity contribution in [1.29, 1.82) is 0 Å². The molecule has 0 saturated carbocycles. The fourth-order valence-corrected chi connectivity index (χ4v) is 2.22. The van der Waals surface area contributed by atoms with Crippen LogP contribution in [0.5, 0.6) is 5.75 Å². The summed E-state index contributed by atoms with van der Waals surface area (Å²) >= 11 is 0. The van der Waals surface area contributed by atoms with Gasteiger partial charge in [-0.2, -0.15) is 0 Å². The Hall–Kier alpha value is -3.88. The zero-order valence-electron chi connectivity index (χ0n) is 14.6. The smallest absolute Gasteiger partial charge is 0.271 e. The Morgan fingerprint density at radius 1 is 1.15 bits per heavy atom. The third kappa shape index (κ3) is 4.60. The Balaban J connectivity index is 1.67. The number of amides is 1. The molecule has 0 radical (unpaired) electrons. The van der Waals surface area contributed by atoms with Crippen LogP contribution in [0.4, 0.5) is 23.0 Å². The quantitative estimate of drug-likeness (QED) is 0.470. The van der Waals surface area contributed by atoms with E-state index in [1.807, 2.05) is 31.2 Å². The van der Waals surface area contributed by atoms with Gasteiger partial charge >= 0.3 is 0 Å². The van der Waals surface area contributed by atoms with E-state index >= 15 is 0 Å². The first-order chi connectivity index (χ1) is 13.2. The van der Waals surface area contributed by atoms with Gasteiger partial charge in [0.25, 0.3) is 5.91 Å². The van der Waals surface area contributed by atoms with Crippen LogP contribution in [0.25, 0.3) is 0 Å². The molecule has 1 aromatic carbocycles. The fourth-order valence-electron chi connectivity index (χ4n) is 2.22. The van der Waals surface area contributed by atoms with E-state index in [-0.39, 0.29) is 17.4 Å². The normalized spacial score (nSPS) is 10.1. The van der Waals surface area contributed by atoms with Crippen LogP contribution in [-0.2, 0) is 0 Å². The average molecular weight is 365 g/mol. The van der Waals surface area contributed by atoms with Crippen LogP contribution in [0.15, 0.2) is 55.1 Å². The summed E-state index contributed by atoms with van der Waals surface area (Å²) < 4.78 is 5.41. The lowest BCUT2D eigenvalue weighted by atomic mass is 10.3. The second-order valence-electron chi connectivity index (χ2n) is 5.39. The maximum absolute atomic E-state index is 12.1. The first-order valence-corrected chi connectivity index (χ1v) is 8.24. The van der Waals surface area contributed by atoms with Crippen LogP contribution in [0, 0.1) is 0 Å². The molecule has 9 heteroatoms. The molecule has 0 atom stereocenters. The summed E-state index contributed by atoms with van der Waals surface area (Å²) in [5.74, 6) is 1.10. The third-order valence-electron chi connectivity index (χ3n) is 3.53. The van der Waals surface area contributed by atoms with E-state index in [9.17, 15) is 4.79 Å². The van der Waals surface area contributed by atoms with Crippen LogP contribution < -0.4 is 26.6 Å².